The molecular weight excluding hydrogens is 280 g/mol. The number of non-ortho nitro benzene ring substituents is 2. The highest BCUT2D eigenvalue weighted by atomic mass is 16.6. The molecule has 0 saturated heterocycles. The largest absolute Gasteiger partial charge is 0.422 e. The standard InChI is InChI=1S/C13H6N2O6/c16-13-11-5-7(14(17)18)1-3-9(11)10-4-2-8(15(19)20)6-12(10)21-13/h1-6H. The predicted molar refractivity (Wildman–Crippen MR) is 73.3 cm³/mol. The summed E-state index contributed by atoms with van der Waals surface area (Å²) >= 11 is 0. The van der Waals surface area contributed by atoms with Crippen molar-refractivity contribution in [2.24, 2.45) is 0 Å². The molecule has 0 aliphatic heterocycles. The third-order valence-corrected chi connectivity index (χ3v) is 3.10. The van der Waals surface area contributed by atoms with Gasteiger partial charge in [0.15, 0.2) is 0 Å². The summed E-state index contributed by atoms with van der Waals surface area (Å²) in [5.74, 6) is 0. The number of nitro groups is 2. The molecule has 8 heteroatoms. The van der Waals surface area contributed by atoms with Crippen LogP contribution in [0.3, 0.4) is 0 Å². The average Bonchev–Trinajstić information content (AvgIpc) is 2.46. The zero-order chi connectivity index (χ0) is 15.1. The predicted octanol–water partition coefficient (Wildman–Crippen LogP) is 2.76. The van der Waals surface area contributed by atoms with Crippen LogP contribution >= 0.6 is 0 Å². The summed E-state index contributed by atoms with van der Waals surface area (Å²) in [5.41, 5.74) is -1.14. The van der Waals surface area contributed by atoms with Crippen molar-refractivity contribution in [2.75, 3.05) is 0 Å². The van der Waals surface area contributed by atoms with Crippen molar-refractivity contribution < 1.29 is 14.3 Å². The van der Waals surface area contributed by atoms with E-state index < -0.39 is 15.5 Å². The molecule has 0 bridgehead atoms. The molecule has 0 N–H and O–H groups in total. The summed E-state index contributed by atoms with van der Waals surface area (Å²) in [4.78, 5) is 32.1. The van der Waals surface area contributed by atoms with Crippen LogP contribution < -0.4 is 5.63 Å². The summed E-state index contributed by atoms with van der Waals surface area (Å²) < 4.78 is 5.02. The van der Waals surface area contributed by atoms with Gasteiger partial charge in [-0.2, -0.15) is 0 Å². The molecule has 2 aromatic carbocycles. The molecule has 0 aliphatic rings. The number of nitro benzene ring substituents is 2. The number of hydrogen-bond acceptors (Lipinski definition) is 6. The molecule has 0 atom stereocenters. The van der Waals surface area contributed by atoms with E-state index in [0.29, 0.717) is 10.8 Å². The van der Waals surface area contributed by atoms with Crippen LogP contribution in [0.25, 0.3) is 21.7 Å². The molecular formula is C13H6N2O6. The Balaban J connectivity index is 2.41. The van der Waals surface area contributed by atoms with Crippen molar-refractivity contribution in [2.45, 2.75) is 0 Å². The topological polar surface area (TPSA) is 116 Å². The van der Waals surface area contributed by atoms with Gasteiger partial charge >= 0.3 is 5.63 Å². The van der Waals surface area contributed by atoms with Gasteiger partial charge in [0.2, 0.25) is 0 Å². The van der Waals surface area contributed by atoms with Crippen molar-refractivity contribution in [1.29, 1.82) is 0 Å². The Labute approximate surface area is 115 Å². The van der Waals surface area contributed by atoms with Crippen molar-refractivity contribution >= 4 is 33.1 Å². The molecule has 0 radical (unpaired) electrons. The minimum atomic E-state index is -0.776. The highest BCUT2D eigenvalue weighted by Gasteiger charge is 2.15. The molecule has 0 unspecified atom stereocenters. The van der Waals surface area contributed by atoms with E-state index >= 15 is 0 Å². The first-order valence-corrected chi connectivity index (χ1v) is 5.77. The lowest BCUT2D eigenvalue weighted by Crippen LogP contribution is -2.01. The van der Waals surface area contributed by atoms with Gasteiger partial charge in [0.25, 0.3) is 11.4 Å². The Morgan fingerprint density at radius 3 is 2.00 bits per heavy atom. The molecule has 104 valence electrons. The van der Waals surface area contributed by atoms with E-state index in [0.717, 1.165) is 12.1 Å². The van der Waals surface area contributed by atoms with Gasteiger partial charge in [-0.05, 0) is 12.1 Å². The van der Waals surface area contributed by atoms with E-state index in [1.807, 2.05) is 0 Å². The van der Waals surface area contributed by atoms with Crippen molar-refractivity contribution in [3.63, 3.8) is 0 Å². The number of fused-ring (bicyclic) bond motifs is 3. The Bertz CT molecular complexity index is 975. The summed E-state index contributed by atoms with van der Waals surface area (Å²) in [6.45, 7) is 0. The van der Waals surface area contributed by atoms with Crippen LogP contribution in [-0.4, -0.2) is 9.85 Å². The Morgan fingerprint density at radius 1 is 0.810 bits per heavy atom. The molecule has 0 saturated carbocycles. The first kappa shape index (κ1) is 12.7. The zero-order valence-electron chi connectivity index (χ0n) is 10.3. The SMILES string of the molecule is O=c1oc2cc([N+](=O)[O-])ccc2c2ccc([N+](=O)[O-])cc12. The molecule has 1 aromatic heterocycles. The van der Waals surface area contributed by atoms with Gasteiger partial charge in [-0.1, -0.05) is 0 Å². The fraction of sp³-hybridized carbons (Fsp3) is 0. The zero-order valence-corrected chi connectivity index (χ0v) is 10.3. The minimum absolute atomic E-state index is 0.0607. The van der Waals surface area contributed by atoms with Gasteiger partial charge in [-0.3, -0.25) is 20.2 Å². The first-order valence-electron chi connectivity index (χ1n) is 5.77. The maximum atomic E-state index is 11.9. The van der Waals surface area contributed by atoms with E-state index in [4.69, 9.17) is 4.42 Å². The second kappa shape index (κ2) is 4.37. The van der Waals surface area contributed by atoms with E-state index in [1.54, 1.807) is 0 Å². The van der Waals surface area contributed by atoms with Crippen LogP contribution in [0.4, 0.5) is 11.4 Å². The fourth-order valence-corrected chi connectivity index (χ4v) is 2.14. The third kappa shape index (κ3) is 1.98. The second-order valence-electron chi connectivity index (χ2n) is 4.31. The monoisotopic (exact) mass is 286 g/mol. The molecule has 0 fully saturated rings. The van der Waals surface area contributed by atoms with Crippen LogP contribution in [0.2, 0.25) is 0 Å². The van der Waals surface area contributed by atoms with Gasteiger partial charge < -0.3 is 4.42 Å². The molecule has 0 amide bonds. The van der Waals surface area contributed by atoms with Crippen LogP contribution in [0.5, 0.6) is 0 Å². The Morgan fingerprint density at radius 2 is 1.38 bits per heavy atom. The summed E-state index contributed by atoms with van der Waals surface area (Å²) in [6.07, 6.45) is 0. The van der Waals surface area contributed by atoms with Crippen molar-refractivity contribution in [3.05, 3.63) is 67.0 Å². The molecule has 0 aliphatic carbocycles. The van der Waals surface area contributed by atoms with Crippen molar-refractivity contribution in [3.8, 4) is 0 Å². The molecule has 3 aromatic rings. The lowest BCUT2D eigenvalue weighted by atomic mass is 10.1. The van der Waals surface area contributed by atoms with Gasteiger partial charge in [0.1, 0.15) is 5.58 Å². The highest BCUT2D eigenvalue weighted by Crippen LogP contribution is 2.28. The fourth-order valence-electron chi connectivity index (χ4n) is 2.14. The summed E-state index contributed by atoms with van der Waals surface area (Å²) in [6, 6.07) is 7.70. The average molecular weight is 286 g/mol. The van der Waals surface area contributed by atoms with Crippen molar-refractivity contribution in [1.82, 2.24) is 0 Å². The van der Waals surface area contributed by atoms with E-state index in [-0.39, 0.29) is 22.3 Å². The maximum Gasteiger partial charge on any atom is 0.344 e. The lowest BCUT2D eigenvalue weighted by molar-refractivity contribution is -0.384. The van der Waals surface area contributed by atoms with E-state index in [2.05, 4.69) is 0 Å². The van der Waals surface area contributed by atoms with E-state index in [9.17, 15) is 25.0 Å². The summed E-state index contributed by atoms with van der Waals surface area (Å²) in [7, 11) is 0. The Hall–Kier alpha value is -3.29. The molecule has 21 heavy (non-hydrogen) atoms. The molecule has 1 heterocycles. The number of hydrogen-bond donors (Lipinski definition) is 0. The van der Waals surface area contributed by atoms with E-state index in [1.165, 1.54) is 24.3 Å². The van der Waals surface area contributed by atoms with Crippen LogP contribution in [0.1, 0.15) is 0 Å². The minimum Gasteiger partial charge on any atom is -0.422 e. The van der Waals surface area contributed by atoms with Gasteiger partial charge in [-0.15, -0.1) is 0 Å². The second-order valence-corrected chi connectivity index (χ2v) is 4.31. The highest BCUT2D eigenvalue weighted by molar-refractivity contribution is 6.05. The third-order valence-electron chi connectivity index (χ3n) is 3.10. The normalized spacial score (nSPS) is 10.9. The smallest absolute Gasteiger partial charge is 0.344 e. The molecule has 0 spiro atoms. The molecule has 3 rings (SSSR count). The van der Waals surface area contributed by atoms with Gasteiger partial charge in [0, 0.05) is 29.0 Å². The van der Waals surface area contributed by atoms with Gasteiger partial charge in [0.05, 0.1) is 21.3 Å². The quantitative estimate of drug-likeness (QED) is 0.309. The maximum absolute atomic E-state index is 11.9. The van der Waals surface area contributed by atoms with Gasteiger partial charge in [-0.25, -0.2) is 4.79 Å². The number of rotatable bonds is 2. The Kier molecular flexibility index (Phi) is 2.65. The van der Waals surface area contributed by atoms with Crippen LogP contribution in [0, 0.1) is 20.2 Å². The van der Waals surface area contributed by atoms with Crippen LogP contribution in [-0.2, 0) is 0 Å². The lowest BCUT2D eigenvalue weighted by Gasteiger charge is -2.02. The molecule has 8 nitrogen and oxygen atoms in total. The van der Waals surface area contributed by atoms with Crippen LogP contribution in [0.15, 0.2) is 45.6 Å². The number of nitrogens with zero attached hydrogens (tertiary/aromatic N) is 2. The number of benzene rings is 2. The summed E-state index contributed by atoms with van der Waals surface area (Å²) in [5, 5.41) is 22.4. The first-order chi connectivity index (χ1) is 9.97.